The smallest absolute Gasteiger partial charge is 0.387 e. The van der Waals surface area contributed by atoms with E-state index in [1.165, 1.54) is 68.0 Å². The molecule has 0 fully saturated rings. The summed E-state index contributed by atoms with van der Waals surface area (Å²) in [6.07, 6.45) is 3.88. The number of hydrazone groups is 1. The first kappa shape index (κ1) is 25.0. The number of hydrogen-bond donors (Lipinski definition) is 0. The van der Waals surface area contributed by atoms with Gasteiger partial charge in [0, 0.05) is 36.9 Å². The highest BCUT2D eigenvalue weighted by atomic mass is 19.3. The van der Waals surface area contributed by atoms with Crippen LogP contribution in [0, 0.1) is 5.92 Å². The minimum absolute atomic E-state index is 0.147. The summed E-state index contributed by atoms with van der Waals surface area (Å²) in [5, 5.41) is 5.20. The number of carbonyl (C=O) groups is 2. The van der Waals surface area contributed by atoms with E-state index in [-0.39, 0.29) is 40.4 Å². The molecule has 1 aliphatic rings. The number of amides is 1. The van der Waals surface area contributed by atoms with E-state index in [9.17, 15) is 27.2 Å². The molecule has 0 aliphatic carbocycles. The quantitative estimate of drug-likeness (QED) is 0.321. The summed E-state index contributed by atoms with van der Waals surface area (Å²) in [5.74, 6) is -5.62. The number of benzene rings is 2. The van der Waals surface area contributed by atoms with Crippen LogP contribution >= 0.6 is 0 Å². The van der Waals surface area contributed by atoms with Crippen molar-refractivity contribution in [2.45, 2.75) is 32.8 Å². The maximum Gasteiger partial charge on any atom is 0.387 e. The number of hydrogen-bond acceptors (Lipinski definition) is 6. The first-order valence-electron chi connectivity index (χ1n) is 10.8. The van der Waals surface area contributed by atoms with Crippen molar-refractivity contribution in [1.29, 1.82) is 0 Å². The number of carbonyl (C=O) groups excluding carboxylic acids is 2. The summed E-state index contributed by atoms with van der Waals surface area (Å²) >= 11 is 0. The van der Waals surface area contributed by atoms with Crippen molar-refractivity contribution < 1.29 is 31.9 Å². The molecule has 36 heavy (non-hydrogen) atoms. The van der Waals surface area contributed by atoms with Gasteiger partial charge in [0.05, 0.1) is 23.3 Å². The third-order valence-corrected chi connectivity index (χ3v) is 5.53. The molecule has 1 atom stereocenters. The Bertz CT molecular complexity index is 1330. The first-order valence-corrected chi connectivity index (χ1v) is 10.8. The second-order valence-corrected chi connectivity index (χ2v) is 8.21. The van der Waals surface area contributed by atoms with Crippen LogP contribution in [0.15, 0.2) is 66.2 Å². The van der Waals surface area contributed by atoms with Crippen molar-refractivity contribution in [2.75, 3.05) is 5.01 Å². The fraction of sp³-hybridized carbons (Fsp3) is 0.240. The number of anilines is 1. The van der Waals surface area contributed by atoms with Crippen LogP contribution in [0.3, 0.4) is 0 Å². The largest absolute Gasteiger partial charge is 0.434 e. The molecule has 3 aromatic rings. The minimum atomic E-state index is -3.09. The number of nitrogens with zero attached hydrogens (tertiary/aromatic N) is 4. The van der Waals surface area contributed by atoms with E-state index in [1.807, 2.05) is 0 Å². The monoisotopic (exact) mass is 500 g/mol. The number of Topliss-reactive ketones (excluding diaryl/α,β-unsaturated/α-hetero) is 1. The summed E-state index contributed by atoms with van der Waals surface area (Å²) < 4.78 is 57.7. The predicted molar refractivity (Wildman–Crippen MR) is 123 cm³/mol. The molecule has 1 unspecified atom stereocenters. The molecule has 4 rings (SSSR count). The van der Waals surface area contributed by atoms with Gasteiger partial charge in [0.2, 0.25) is 0 Å². The van der Waals surface area contributed by atoms with Gasteiger partial charge in [-0.25, -0.2) is 8.78 Å². The Morgan fingerprint density at radius 3 is 2.61 bits per heavy atom. The van der Waals surface area contributed by atoms with E-state index in [4.69, 9.17) is 0 Å². The van der Waals surface area contributed by atoms with Crippen LogP contribution in [0.1, 0.15) is 25.0 Å². The molecule has 0 saturated heterocycles. The molecular formula is C25H20F4N4O3. The zero-order chi connectivity index (χ0) is 26.0. The zero-order valence-electron chi connectivity index (χ0n) is 19.2. The van der Waals surface area contributed by atoms with Crippen LogP contribution in [0.4, 0.5) is 23.2 Å². The Balaban J connectivity index is 1.60. The molecule has 1 aliphatic heterocycles. The van der Waals surface area contributed by atoms with Gasteiger partial charge in [0.25, 0.3) is 11.8 Å². The zero-order valence-corrected chi connectivity index (χ0v) is 19.2. The number of rotatable bonds is 8. The molecular weight excluding hydrogens is 480 g/mol. The number of halogens is 4. The van der Waals surface area contributed by atoms with E-state index in [2.05, 4.69) is 19.8 Å². The Morgan fingerprint density at radius 1 is 1.17 bits per heavy atom. The van der Waals surface area contributed by atoms with E-state index >= 15 is 0 Å². The first-order chi connectivity index (χ1) is 17.0. The highest BCUT2D eigenvalue weighted by Gasteiger charge is 2.39. The fourth-order valence-corrected chi connectivity index (χ4v) is 3.87. The average Bonchev–Trinajstić information content (AvgIpc) is 3.13. The lowest BCUT2D eigenvalue weighted by Gasteiger charge is -2.17. The number of ether oxygens (including phenoxy) is 1. The molecule has 0 saturated carbocycles. The van der Waals surface area contributed by atoms with E-state index in [1.54, 1.807) is 0 Å². The SMILES string of the molecule is CC1=NN(c2ccc(OC(F)F)c(-c3cnccn3)c2)C(=O)C1C(=O)Cc1cccc(C(C)(F)F)c1. The Morgan fingerprint density at radius 2 is 1.94 bits per heavy atom. The van der Waals surface area contributed by atoms with E-state index < -0.39 is 30.1 Å². The molecule has 11 heteroatoms. The summed E-state index contributed by atoms with van der Waals surface area (Å²) in [6, 6.07) is 9.44. The van der Waals surface area contributed by atoms with Crippen molar-refractivity contribution >= 4 is 23.1 Å². The normalized spacial score (nSPS) is 15.9. The van der Waals surface area contributed by atoms with E-state index in [0.29, 0.717) is 5.56 Å². The maximum atomic E-state index is 13.7. The van der Waals surface area contributed by atoms with Crippen molar-refractivity contribution in [3.63, 3.8) is 0 Å². The van der Waals surface area contributed by atoms with Crippen molar-refractivity contribution in [3.05, 3.63) is 72.2 Å². The predicted octanol–water partition coefficient (Wildman–Crippen LogP) is 5.01. The third kappa shape index (κ3) is 5.24. The topological polar surface area (TPSA) is 84.8 Å². The molecule has 0 radical (unpaired) electrons. The lowest BCUT2D eigenvalue weighted by atomic mass is 9.93. The fourth-order valence-electron chi connectivity index (χ4n) is 3.87. The third-order valence-electron chi connectivity index (χ3n) is 5.53. The second kappa shape index (κ2) is 9.84. The average molecular weight is 500 g/mol. The van der Waals surface area contributed by atoms with Crippen molar-refractivity contribution in [1.82, 2.24) is 9.97 Å². The van der Waals surface area contributed by atoms with Gasteiger partial charge in [-0.1, -0.05) is 18.2 Å². The molecule has 2 heterocycles. The molecule has 2 aromatic carbocycles. The van der Waals surface area contributed by atoms with Crippen LogP contribution < -0.4 is 9.75 Å². The second-order valence-electron chi connectivity index (χ2n) is 8.21. The van der Waals surface area contributed by atoms with Crippen LogP contribution in [0.5, 0.6) is 5.75 Å². The summed E-state index contributed by atoms with van der Waals surface area (Å²) in [6.45, 7) is -0.821. The molecule has 0 N–H and O–H groups in total. The number of alkyl halides is 4. The van der Waals surface area contributed by atoms with Gasteiger partial charge in [0.15, 0.2) is 5.78 Å². The number of ketones is 1. The van der Waals surface area contributed by atoms with Crippen molar-refractivity contribution in [2.24, 2.45) is 11.0 Å². The highest BCUT2D eigenvalue weighted by Crippen LogP contribution is 2.35. The van der Waals surface area contributed by atoms with Gasteiger partial charge >= 0.3 is 6.61 Å². The molecule has 1 aromatic heterocycles. The van der Waals surface area contributed by atoms with E-state index in [0.717, 1.165) is 11.9 Å². The lowest BCUT2D eigenvalue weighted by molar-refractivity contribution is -0.128. The summed E-state index contributed by atoms with van der Waals surface area (Å²) in [4.78, 5) is 34.2. The van der Waals surface area contributed by atoms with Crippen LogP contribution in [0.2, 0.25) is 0 Å². The van der Waals surface area contributed by atoms with Gasteiger partial charge in [-0.2, -0.15) is 18.9 Å². The Hall–Kier alpha value is -4.15. The van der Waals surface area contributed by atoms with Crippen LogP contribution in [-0.2, 0) is 21.9 Å². The van der Waals surface area contributed by atoms with Crippen LogP contribution in [-0.4, -0.2) is 34.0 Å². The number of aromatic nitrogens is 2. The molecule has 0 spiro atoms. The Labute approximate surface area is 203 Å². The molecule has 0 bridgehead atoms. The van der Waals surface area contributed by atoms with Gasteiger partial charge in [0.1, 0.15) is 11.7 Å². The van der Waals surface area contributed by atoms with Crippen LogP contribution in [0.25, 0.3) is 11.3 Å². The van der Waals surface area contributed by atoms with Gasteiger partial charge < -0.3 is 4.74 Å². The van der Waals surface area contributed by atoms with Gasteiger partial charge in [-0.05, 0) is 36.8 Å². The van der Waals surface area contributed by atoms with Crippen molar-refractivity contribution in [3.8, 4) is 17.0 Å². The molecule has 7 nitrogen and oxygen atoms in total. The van der Waals surface area contributed by atoms with Gasteiger partial charge in [-0.15, -0.1) is 0 Å². The standard InChI is InChI=1S/C25H20F4N4O3/c1-14-22(20(34)11-15-4-3-5-16(10-15)25(2,28)29)23(35)33(32-14)17-6-7-21(36-24(26)27)18(12-17)19-13-30-8-9-31-19/h3-10,12-13,22,24H,11H2,1-2H3. The highest BCUT2D eigenvalue weighted by molar-refractivity contribution is 6.27. The minimum Gasteiger partial charge on any atom is -0.434 e. The summed E-state index contributed by atoms with van der Waals surface area (Å²) in [5.41, 5.74) is 0.897. The molecule has 186 valence electrons. The maximum absolute atomic E-state index is 13.7. The molecule has 1 amide bonds. The summed E-state index contributed by atoms with van der Waals surface area (Å²) in [7, 11) is 0. The van der Waals surface area contributed by atoms with Gasteiger partial charge in [-0.3, -0.25) is 19.6 Å². The Kier molecular flexibility index (Phi) is 6.82. The lowest BCUT2D eigenvalue weighted by Crippen LogP contribution is -2.33.